The van der Waals surface area contributed by atoms with Gasteiger partial charge in [0.15, 0.2) is 5.79 Å². The van der Waals surface area contributed by atoms with Crippen LogP contribution in [0, 0.1) is 5.41 Å². The van der Waals surface area contributed by atoms with E-state index in [1.165, 1.54) is 0 Å². The van der Waals surface area contributed by atoms with Crippen molar-refractivity contribution in [1.29, 1.82) is 0 Å². The molecular weight excluding hydrogens is 242 g/mol. The summed E-state index contributed by atoms with van der Waals surface area (Å²) in [5.41, 5.74) is -0.260. The molecule has 0 aromatic rings. The van der Waals surface area contributed by atoms with Crippen LogP contribution in [0.25, 0.3) is 0 Å². The summed E-state index contributed by atoms with van der Waals surface area (Å²) in [6, 6.07) is 0.330. The van der Waals surface area contributed by atoms with E-state index >= 15 is 0 Å². The summed E-state index contributed by atoms with van der Waals surface area (Å²) in [4.78, 5) is 14.4. The van der Waals surface area contributed by atoms with Crippen LogP contribution in [0.15, 0.2) is 0 Å². The van der Waals surface area contributed by atoms with Crippen molar-refractivity contribution in [2.24, 2.45) is 5.41 Å². The zero-order valence-electron chi connectivity index (χ0n) is 12.7. The highest BCUT2D eigenvalue weighted by atomic mass is 16.7. The van der Waals surface area contributed by atoms with Crippen LogP contribution in [-0.2, 0) is 14.3 Å². The molecule has 0 atom stereocenters. The van der Waals surface area contributed by atoms with Gasteiger partial charge in [0.05, 0.1) is 13.2 Å². The average molecular weight is 269 g/mol. The summed E-state index contributed by atoms with van der Waals surface area (Å²) in [6.07, 6.45) is 4.63. The van der Waals surface area contributed by atoms with Crippen molar-refractivity contribution in [2.75, 3.05) is 20.3 Å². The number of ether oxygens (including phenoxy) is 2. The van der Waals surface area contributed by atoms with E-state index in [1.807, 2.05) is 25.8 Å². The molecule has 2 fully saturated rings. The molecule has 0 aromatic heterocycles. The summed E-state index contributed by atoms with van der Waals surface area (Å²) in [7, 11) is 1.94. The van der Waals surface area contributed by atoms with E-state index < -0.39 is 0 Å². The van der Waals surface area contributed by atoms with Gasteiger partial charge in [-0.15, -0.1) is 0 Å². The standard InChI is InChI=1S/C15H27NO3/c1-5-14(2,3)13(17)16(4)12-6-8-15(9-7-12)18-10-11-19-15/h12H,5-11H2,1-4H3. The van der Waals surface area contributed by atoms with E-state index in [0.29, 0.717) is 19.3 Å². The van der Waals surface area contributed by atoms with Crippen LogP contribution >= 0.6 is 0 Å². The van der Waals surface area contributed by atoms with Crippen LogP contribution in [0.4, 0.5) is 0 Å². The van der Waals surface area contributed by atoms with Gasteiger partial charge >= 0.3 is 0 Å². The predicted octanol–water partition coefficient (Wildman–Crippen LogP) is 2.57. The molecule has 110 valence electrons. The topological polar surface area (TPSA) is 38.8 Å². The van der Waals surface area contributed by atoms with Crippen LogP contribution in [0.1, 0.15) is 52.9 Å². The number of hydrogen-bond acceptors (Lipinski definition) is 3. The van der Waals surface area contributed by atoms with E-state index in [4.69, 9.17) is 9.47 Å². The van der Waals surface area contributed by atoms with Gasteiger partial charge in [0.1, 0.15) is 0 Å². The van der Waals surface area contributed by atoms with Gasteiger partial charge in [-0.25, -0.2) is 0 Å². The summed E-state index contributed by atoms with van der Waals surface area (Å²) < 4.78 is 11.5. The second-order valence-corrected chi connectivity index (χ2v) is 6.49. The molecule has 1 amide bonds. The third kappa shape index (κ3) is 2.95. The molecule has 1 saturated carbocycles. The molecule has 2 rings (SSSR count). The third-order valence-electron chi connectivity index (χ3n) is 4.86. The molecule has 0 unspecified atom stereocenters. The summed E-state index contributed by atoms with van der Waals surface area (Å²) in [5, 5.41) is 0. The first-order valence-corrected chi connectivity index (χ1v) is 7.45. The van der Waals surface area contributed by atoms with Gasteiger partial charge in [-0.05, 0) is 19.3 Å². The van der Waals surface area contributed by atoms with Gasteiger partial charge in [0, 0.05) is 31.3 Å². The van der Waals surface area contributed by atoms with E-state index in [1.54, 1.807) is 0 Å². The van der Waals surface area contributed by atoms with Crippen molar-refractivity contribution in [3.8, 4) is 0 Å². The molecule has 1 heterocycles. The molecule has 0 radical (unpaired) electrons. The molecule has 2 aliphatic rings. The van der Waals surface area contributed by atoms with E-state index in [-0.39, 0.29) is 17.1 Å². The largest absolute Gasteiger partial charge is 0.348 e. The van der Waals surface area contributed by atoms with Crippen LogP contribution in [0.5, 0.6) is 0 Å². The number of carbonyl (C=O) groups excluding carboxylic acids is 1. The maximum atomic E-state index is 12.5. The Morgan fingerprint density at radius 2 is 1.79 bits per heavy atom. The molecule has 19 heavy (non-hydrogen) atoms. The van der Waals surface area contributed by atoms with Crippen LogP contribution in [0.3, 0.4) is 0 Å². The first-order chi connectivity index (χ1) is 8.90. The third-order valence-corrected chi connectivity index (χ3v) is 4.86. The molecule has 4 nitrogen and oxygen atoms in total. The maximum Gasteiger partial charge on any atom is 0.228 e. The number of hydrogen-bond donors (Lipinski definition) is 0. The molecule has 0 bridgehead atoms. The molecule has 0 aromatic carbocycles. The number of carbonyl (C=O) groups is 1. The highest BCUT2D eigenvalue weighted by Gasteiger charge is 2.42. The second-order valence-electron chi connectivity index (χ2n) is 6.49. The van der Waals surface area contributed by atoms with Crippen molar-refractivity contribution >= 4 is 5.91 Å². The number of rotatable bonds is 3. The molecule has 1 spiro atoms. The monoisotopic (exact) mass is 269 g/mol. The Balaban J connectivity index is 1.92. The molecule has 1 saturated heterocycles. The van der Waals surface area contributed by atoms with Crippen molar-refractivity contribution in [2.45, 2.75) is 64.7 Å². The van der Waals surface area contributed by atoms with Crippen LogP contribution in [-0.4, -0.2) is 42.9 Å². The normalized spacial score (nSPS) is 23.8. The summed E-state index contributed by atoms with van der Waals surface area (Å²) in [5.74, 6) is -0.0788. The molecular formula is C15H27NO3. The smallest absolute Gasteiger partial charge is 0.228 e. The highest BCUT2D eigenvalue weighted by Crippen LogP contribution is 2.38. The van der Waals surface area contributed by atoms with Gasteiger partial charge in [-0.1, -0.05) is 20.8 Å². The second kappa shape index (κ2) is 5.41. The Hall–Kier alpha value is -0.610. The summed E-state index contributed by atoms with van der Waals surface area (Å²) >= 11 is 0. The van der Waals surface area contributed by atoms with Gasteiger partial charge in [-0.3, -0.25) is 4.79 Å². The minimum Gasteiger partial charge on any atom is -0.348 e. The Morgan fingerprint density at radius 1 is 1.26 bits per heavy atom. The van der Waals surface area contributed by atoms with Crippen molar-refractivity contribution < 1.29 is 14.3 Å². The summed E-state index contributed by atoms with van der Waals surface area (Å²) in [6.45, 7) is 7.55. The number of amides is 1. The van der Waals surface area contributed by atoms with Gasteiger partial charge in [-0.2, -0.15) is 0 Å². The minimum absolute atomic E-state index is 0.254. The lowest BCUT2D eigenvalue weighted by molar-refractivity contribution is -0.185. The van der Waals surface area contributed by atoms with E-state index in [9.17, 15) is 4.79 Å². The maximum absolute atomic E-state index is 12.5. The van der Waals surface area contributed by atoms with Gasteiger partial charge in [0.25, 0.3) is 0 Å². The zero-order chi connectivity index (χ0) is 14.1. The molecule has 0 N–H and O–H groups in total. The van der Waals surface area contributed by atoms with Crippen molar-refractivity contribution in [1.82, 2.24) is 4.90 Å². The fourth-order valence-corrected chi connectivity index (χ4v) is 3.01. The molecule has 1 aliphatic carbocycles. The van der Waals surface area contributed by atoms with Gasteiger partial charge in [0.2, 0.25) is 5.91 Å². The lowest BCUT2D eigenvalue weighted by Gasteiger charge is -2.41. The number of nitrogens with zero attached hydrogens (tertiary/aromatic N) is 1. The van der Waals surface area contributed by atoms with Crippen LogP contribution < -0.4 is 0 Å². The van der Waals surface area contributed by atoms with Crippen molar-refractivity contribution in [3.05, 3.63) is 0 Å². The molecule has 4 heteroatoms. The predicted molar refractivity (Wildman–Crippen MR) is 73.7 cm³/mol. The first-order valence-electron chi connectivity index (χ1n) is 7.45. The lowest BCUT2D eigenvalue weighted by Crippen LogP contribution is -2.48. The first kappa shape index (κ1) is 14.8. The quantitative estimate of drug-likeness (QED) is 0.790. The van der Waals surface area contributed by atoms with Crippen LogP contribution in [0.2, 0.25) is 0 Å². The minimum atomic E-state index is -0.333. The van der Waals surface area contributed by atoms with E-state index in [0.717, 1.165) is 32.1 Å². The Kier molecular flexibility index (Phi) is 4.21. The zero-order valence-corrected chi connectivity index (χ0v) is 12.7. The average Bonchev–Trinajstić information content (AvgIpc) is 2.86. The highest BCUT2D eigenvalue weighted by molar-refractivity contribution is 5.81. The Bertz CT molecular complexity index is 324. The fraction of sp³-hybridized carbons (Fsp3) is 0.933. The SMILES string of the molecule is CCC(C)(C)C(=O)N(C)C1CCC2(CC1)OCCO2. The van der Waals surface area contributed by atoms with Crippen molar-refractivity contribution in [3.63, 3.8) is 0 Å². The fourth-order valence-electron chi connectivity index (χ4n) is 3.01. The Morgan fingerprint density at radius 3 is 2.26 bits per heavy atom. The van der Waals surface area contributed by atoms with Gasteiger partial charge < -0.3 is 14.4 Å². The lowest BCUT2D eigenvalue weighted by atomic mass is 9.85. The Labute approximate surface area is 116 Å². The molecule has 1 aliphatic heterocycles. The van der Waals surface area contributed by atoms with E-state index in [2.05, 4.69) is 6.92 Å².